The highest BCUT2D eigenvalue weighted by atomic mass is 16.5. The smallest absolute Gasteiger partial charge is 0.229 e. The first kappa shape index (κ1) is 15.3. The highest BCUT2D eigenvalue weighted by Gasteiger charge is 2.36. The van der Waals surface area contributed by atoms with Crippen molar-refractivity contribution in [2.24, 2.45) is 5.92 Å². The van der Waals surface area contributed by atoms with Gasteiger partial charge in [0, 0.05) is 30.2 Å². The van der Waals surface area contributed by atoms with Crippen LogP contribution in [0.3, 0.4) is 0 Å². The molecule has 7 heteroatoms. The van der Waals surface area contributed by atoms with Crippen molar-refractivity contribution in [3.63, 3.8) is 0 Å². The van der Waals surface area contributed by atoms with Gasteiger partial charge in [0.25, 0.3) is 0 Å². The van der Waals surface area contributed by atoms with Crippen LogP contribution in [-0.2, 0) is 6.54 Å². The molecule has 2 N–H and O–H groups in total. The Kier molecular flexibility index (Phi) is 4.03. The van der Waals surface area contributed by atoms with Gasteiger partial charge in [-0.05, 0) is 37.8 Å². The van der Waals surface area contributed by atoms with Gasteiger partial charge in [0.15, 0.2) is 5.82 Å². The number of furan rings is 1. The standard InChI is InChI=1S/C17H20N4O3/c1-10-20-17(24-21-10)11-4-12(15(22)6-11)7-19-9-14-5-13-8-18-3-2-16(13)23-14/h2-3,5,8,11-12,15,19,22H,4,6-7,9H2,1H3/t11-,12+,15+/m0/s1. The van der Waals surface area contributed by atoms with Crippen molar-refractivity contribution in [1.82, 2.24) is 20.4 Å². The maximum Gasteiger partial charge on any atom is 0.229 e. The van der Waals surface area contributed by atoms with Gasteiger partial charge in [0.2, 0.25) is 5.89 Å². The lowest BCUT2D eigenvalue weighted by molar-refractivity contribution is 0.130. The molecule has 3 atom stereocenters. The zero-order valence-corrected chi connectivity index (χ0v) is 13.5. The summed E-state index contributed by atoms with van der Waals surface area (Å²) in [6.07, 6.45) is 4.68. The second-order valence-corrected chi connectivity index (χ2v) is 6.43. The summed E-state index contributed by atoms with van der Waals surface area (Å²) in [5.41, 5.74) is 0.842. The van der Waals surface area contributed by atoms with Crippen molar-refractivity contribution in [3.05, 3.63) is 42.0 Å². The van der Waals surface area contributed by atoms with Crippen LogP contribution in [0.2, 0.25) is 0 Å². The van der Waals surface area contributed by atoms with Gasteiger partial charge in [-0.25, -0.2) is 0 Å². The first-order chi connectivity index (χ1) is 11.7. The number of aliphatic hydroxyl groups excluding tert-OH is 1. The predicted octanol–water partition coefficient (Wildman–Crippen LogP) is 2.16. The lowest BCUT2D eigenvalue weighted by Gasteiger charge is -2.14. The van der Waals surface area contributed by atoms with E-state index in [4.69, 9.17) is 8.94 Å². The molecule has 0 bridgehead atoms. The molecule has 1 saturated carbocycles. The van der Waals surface area contributed by atoms with E-state index in [1.807, 2.05) is 12.1 Å². The average Bonchev–Trinajstić information content (AvgIpc) is 3.26. The van der Waals surface area contributed by atoms with Crippen LogP contribution in [0.25, 0.3) is 11.0 Å². The number of nitrogens with one attached hydrogen (secondary N) is 1. The van der Waals surface area contributed by atoms with Crippen LogP contribution in [0, 0.1) is 12.8 Å². The van der Waals surface area contributed by atoms with E-state index in [0.717, 1.165) is 29.7 Å². The van der Waals surface area contributed by atoms with E-state index < -0.39 is 0 Å². The van der Waals surface area contributed by atoms with E-state index in [-0.39, 0.29) is 17.9 Å². The van der Waals surface area contributed by atoms with Gasteiger partial charge in [-0.15, -0.1) is 0 Å². The van der Waals surface area contributed by atoms with Crippen LogP contribution in [-0.4, -0.2) is 32.9 Å². The van der Waals surface area contributed by atoms with Gasteiger partial charge in [-0.2, -0.15) is 4.98 Å². The SMILES string of the molecule is Cc1noc([C@H]2C[C@H](CNCc3cc4cnccc4o3)[C@H](O)C2)n1. The third-order valence-electron chi connectivity index (χ3n) is 4.62. The molecule has 0 radical (unpaired) electrons. The third kappa shape index (κ3) is 3.05. The number of hydrogen-bond donors (Lipinski definition) is 2. The van der Waals surface area contributed by atoms with Gasteiger partial charge in [0.1, 0.15) is 11.3 Å². The summed E-state index contributed by atoms with van der Waals surface area (Å²) in [6.45, 7) is 3.16. The Labute approximate surface area is 139 Å². The van der Waals surface area contributed by atoms with Gasteiger partial charge in [0.05, 0.1) is 12.6 Å². The molecule has 7 nitrogen and oxygen atoms in total. The van der Waals surface area contributed by atoms with E-state index >= 15 is 0 Å². The van der Waals surface area contributed by atoms with Crippen LogP contribution in [0.5, 0.6) is 0 Å². The molecule has 24 heavy (non-hydrogen) atoms. The maximum absolute atomic E-state index is 10.3. The summed E-state index contributed by atoms with van der Waals surface area (Å²) in [5.74, 6) is 2.47. The lowest BCUT2D eigenvalue weighted by atomic mass is 10.0. The number of aromatic nitrogens is 3. The van der Waals surface area contributed by atoms with Crippen molar-refractivity contribution in [2.75, 3.05) is 6.54 Å². The molecular weight excluding hydrogens is 308 g/mol. The second-order valence-electron chi connectivity index (χ2n) is 6.43. The quantitative estimate of drug-likeness (QED) is 0.740. The van der Waals surface area contributed by atoms with Gasteiger partial charge >= 0.3 is 0 Å². The molecule has 1 aliphatic rings. The van der Waals surface area contributed by atoms with E-state index in [1.165, 1.54) is 0 Å². The largest absolute Gasteiger partial charge is 0.460 e. The zero-order chi connectivity index (χ0) is 16.5. The van der Waals surface area contributed by atoms with Crippen molar-refractivity contribution >= 4 is 11.0 Å². The molecule has 0 saturated heterocycles. The monoisotopic (exact) mass is 328 g/mol. The number of rotatable bonds is 5. The van der Waals surface area contributed by atoms with Crippen molar-refractivity contribution < 1.29 is 14.0 Å². The molecule has 3 aromatic heterocycles. The first-order valence-corrected chi connectivity index (χ1v) is 8.20. The fourth-order valence-corrected chi connectivity index (χ4v) is 3.41. The topological polar surface area (TPSA) is 97.2 Å². The minimum absolute atomic E-state index is 0.144. The fraction of sp³-hybridized carbons (Fsp3) is 0.471. The zero-order valence-electron chi connectivity index (χ0n) is 13.5. The minimum Gasteiger partial charge on any atom is -0.460 e. The van der Waals surface area contributed by atoms with Gasteiger partial charge < -0.3 is 19.4 Å². The average molecular weight is 328 g/mol. The molecule has 0 amide bonds. The summed E-state index contributed by atoms with van der Waals surface area (Å²) in [6, 6.07) is 3.85. The molecule has 1 fully saturated rings. The molecular formula is C17H20N4O3. The van der Waals surface area contributed by atoms with E-state index in [9.17, 15) is 5.11 Å². The third-order valence-corrected chi connectivity index (χ3v) is 4.62. The summed E-state index contributed by atoms with van der Waals surface area (Å²) in [4.78, 5) is 8.37. The molecule has 126 valence electrons. The Bertz CT molecular complexity index is 795. The Hall–Kier alpha value is -2.25. The summed E-state index contributed by atoms with van der Waals surface area (Å²) < 4.78 is 11.0. The summed E-state index contributed by atoms with van der Waals surface area (Å²) >= 11 is 0. The van der Waals surface area contributed by atoms with E-state index in [1.54, 1.807) is 19.3 Å². The number of aryl methyl sites for hydroxylation is 1. The van der Waals surface area contributed by atoms with Crippen LogP contribution >= 0.6 is 0 Å². The highest BCUT2D eigenvalue weighted by molar-refractivity contribution is 5.76. The Morgan fingerprint density at radius 1 is 1.38 bits per heavy atom. The summed E-state index contributed by atoms with van der Waals surface area (Å²) in [5, 5.41) is 18.5. The first-order valence-electron chi connectivity index (χ1n) is 8.20. The van der Waals surface area contributed by atoms with E-state index in [2.05, 4.69) is 20.4 Å². The lowest BCUT2D eigenvalue weighted by Crippen LogP contribution is -2.27. The number of aliphatic hydroxyl groups is 1. The molecule has 3 heterocycles. The number of nitrogens with zero attached hydrogens (tertiary/aromatic N) is 3. The van der Waals surface area contributed by atoms with Crippen molar-refractivity contribution in [3.8, 4) is 0 Å². The number of hydrogen-bond acceptors (Lipinski definition) is 7. The normalized spacial score (nSPS) is 24.0. The van der Waals surface area contributed by atoms with Gasteiger partial charge in [-0.1, -0.05) is 5.16 Å². The molecule has 0 unspecified atom stereocenters. The molecule has 1 aliphatic carbocycles. The maximum atomic E-state index is 10.3. The molecule has 0 aliphatic heterocycles. The molecule has 4 rings (SSSR count). The predicted molar refractivity (Wildman–Crippen MR) is 86.2 cm³/mol. The minimum atomic E-state index is -0.352. The number of fused-ring (bicyclic) bond motifs is 1. The highest BCUT2D eigenvalue weighted by Crippen LogP contribution is 2.37. The van der Waals surface area contributed by atoms with Crippen molar-refractivity contribution in [2.45, 2.75) is 38.3 Å². The van der Waals surface area contributed by atoms with E-state index in [0.29, 0.717) is 24.7 Å². The van der Waals surface area contributed by atoms with Crippen molar-refractivity contribution in [1.29, 1.82) is 0 Å². The Morgan fingerprint density at radius 3 is 3.08 bits per heavy atom. The second kappa shape index (κ2) is 6.33. The molecule has 0 spiro atoms. The van der Waals surface area contributed by atoms with Crippen LogP contribution < -0.4 is 5.32 Å². The van der Waals surface area contributed by atoms with Gasteiger partial charge in [-0.3, -0.25) is 4.98 Å². The van der Waals surface area contributed by atoms with Crippen LogP contribution in [0.1, 0.15) is 36.2 Å². The Balaban J connectivity index is 1.32. The molecule has 3 aromatic rings. The van der Waals surface area contributed by atoms with Crippen LogP contribution in [0.15, 0.2) is 33.5 Å². The number of pyridine rings is 1. The molecule has 0 aromatic carbocycles. The fourth-order valence-electron chi connectivity index (χ4n) is 3.41. The summed E-state index contributed by atoms with van der Waals surface area (Å²) in [7, 11) is 0. The van der Waals surface area contributed by atoms with Crippen LogP contribution in [0.4, 0.5) is 0 Å². The Morgan fingerprint density at radius 2 is 2.29 bits per heavy atom.